The summed E-state index contributed by atoms with van der Waals surface area (Å²) in [6.07, 6.45) is 6.42. The molecule has 1 saturated heterocycles. The molecule has 1 N–H and O–H groups in total. The smallest absolute Gasteiger partial charge is 0.0757 e. The fraction of sp³-hybridized carbons (Fsp3) is 1.00. The van der Waals surface area contributed by atoms with Crippen molar-refractivity contribution in [3.63, 3.8) is 0 Å². The Balaban J connectivity index is 1.98. The Morgan fingerprint density at radius 2 is 2.00 bits per heavy atom. The molecule has 0 bridgehead atoms. The third kappa shape index (κ3) is 6.44. The minimum Gasteiger partial charge on any atom is -0.391 e. The molecule has 0 spiro atoms. The minimum atomic E-state index is -0.120. The average molecular weight is 231 g/mol. The first-order chi connectivity index (χ1) is 7.33. The van der Waals surface area contributed by atoms with Crippen molar-refractivity contribution < 1.29 is 5.11 Å². The zero-order valence-electron chi connectivity index (χ0n) is 9.95. The van der Waals surface area contributed by atoms with Gasteiger partial charge in [0.2, 0.25) is 0 Å². The van der Waals surface area contributed by atoms with E-state index in [0.717, 1.165) is 12.3 Å². The molecule has 1 aliphatic heterocycles. The van der Waals surface area contributed by atoms with Crippen LogP contribution in [0.5, 0.6) is 0 Å². The molecule has 0 aliphatic carbocycles. The van der Waals surface area contributed by atoms with Gasteiger partial charge in [-0.05, 0) is 38.1 Å². The maximum Gasteiger partial charge on any atom is 0.0757 e. The topological polar surface area (TPSA) is 23.5 Å². The second-order valence-electron chi connectivity index (χ2n) is 4.44. The van der Waals surface area contributed by atoms with E-state index in [1.54, 1.807) is 0 Å². The molecule has 15 heavy (non-hydrogen) atoms. The number of rotatable bonds is 7. The number of unbranched alkanes of at least 4 members (excludes halogenated alkanes) is 1. The van der Waals surface area contributed by atoms with E-state index in [0.29, 0.717) is 0 Å². The Morgan fingerprint density at radius 1 is 1.27 bits per heavy atom. The molecule has 1 rings (SSSR count). The highest BCUT2D eigenvalue weighted by molar-refractivity contribution is 7.99. The molecule has 0 saturated carbocycles. The van der Waals surface area contributed by atoms with Crippen molar-refractivity contribution in [2.24, 2.45) is 0 Å². The predicted molar refractivity (Wildman–Crippen MR) is 68.5 cm³/mol. The molecule has 2 nitrogen and oxygen atoms in total. The van der Waals surface area contributed by atoms with Gasteiger partial charge in [-0.25, -0.2) is 0 Å². The standard InChI is InChI=1S/C12H25NOS/c1-2-3-9-15-11-12(14)10-13-7-5-4-6-8-13/h12,14H,2-11H2,1H3/t12-/m1/s1. The number of hydrogen-bond acceptors (Lipinski definition) is 3. The van der Waals surface area contributed by atoms with E-state index in [1.165, 1.54) is 50.9 Å². The third-order valence-corrected chi connectivity index (χ3v) is 4.07. The first-order valence-electron chi connectivity index (χ1n) is 6.31. The summed E-state index contributed by atoms with van der Waals surface area (Å²) in [5.41, 5.74) is 0. The fourth-order valence-electron chi connectivity index (χ4n) is 1.96. The lowest BCUT2D eigenvalue weighted by Crippen LogP contribution is -2.37. The second kappa shape index (κ2) is 8.43. The molecular formula is C12H25NOS. The van der Waals surface area contributed by atoms with Gasteiger partial charge in [-0.15, -0.1) is 0 Å². The Kier molecular flexibility index (Phi) is 7.49. The lowest BCUT2D eigenvalue weighted by Gasteiger charge is -2.28. The number of likely N-dealkylation sites (tertiary alicyclic amines) is 1. The maximum atomic E-state index is 9.84. The van der Waals surface area contributed by atoms with Crippen molar-refractivity contribution in [3.05, 3.63) is 0 Å². The molecule has 3 heteroatoms. The molecule has 0 unspecified atom stereocenters. The molecule has 1 fully saturated rings. The van der Waals surface area contributed by atoms with Crippen molar-refractivity contribution in [2.45, 2.75) is 45.1 Å². The van der Waals surface area contributed by atoms with Gasteiger partial charge in [0.25, 0.3) is 0 Å². The Hall–Kier alpha value is 0.270. The van der Waals surface area contributed by atoms with Crippen LogP contribution in [0.1, 0.15) is 39.0 Å². The first-order valence-corrected chi connectivity index (χ1v) is 7.46. The van der Waals surface area contributed by atoms with Crippen LogP contribution in [0.4, 0.5) is 0 Å². The maximum absolute atomic E-state index is 9.84. The molecule has 0 radical (unpaired) electrons. The number of β-amino-alcohol motifs (C(OH)–C–C–N with tert-alkyl or cyclic N) is 1. The number of aliphatic hydroxyl groups is 1. The van der Waals surface area contributed by atoms with Gasteiger partial charge < -0.3 is 10.0 Å². The summed E-state index contributed by atoms with van der Waals surface area (Å²) in [6.45, 7) is 5.48. The summed E-state index contributed by atoms with van der Waals surface area (Å²) in [5, 5.41) is 9.84. The highest BCUT2D eigenvalue weighted by atomic mass is 32.2. The van der Waals surface area contributed by atoms with Crippen molar-refractivity contribution in [1.82, 2.24) is 4.90 Å². The Morgan fingerprint density at radius 3 is 2.67 bits per heavy atom. The number of nitrogens with zero attached hydrogens (tertiary/aromatic N) is 1. The average Bonchev–Trinajstić information content (AvgIpc) is 2.26. The number of hydrogen-bond donors (Lipinski definition) is 1. The predicted octanol–water partition coefficient (Wildman–Crippen LogP) is 2.37. The van der Waals surface area contributed by atoms with Crippen molar-refractivity contribution >= 4 is 11.8 Å². The van der Waals surface area contributed by atoms with Gasteiger partial charge in [0.1, 0.15) is 0 Å². The van der Waals surface area contributed by atoms with Crippen LogP contribution in [0.2, 0.25) is 0 Å². The molecule has 1 atom stereocenters. The molecule has 0 aromatic heterocycles. The van der Waals surface area contributed by atoms with Crippen LogP contribution < -0.4 is 0 Å². The van der Waals surface area contributed by atoms with Crippen LogP contribution in [-0.4, -0.2) is 47.3 Å². The van der Waals surface area contributed by atoms with Gasteiger partial charge in [0.05, 0.1) is 6.10 Å². The van der Waals surface area contributed by atoms with E-state index in [9.17, 15) is 5.11 Å². The number of piperidine rings is 1. The van der Waals surface area contributed by atoms with Gasteiger partial charge in [0, 0.05) is 12.3 Å². The zero-order valence-corrected chi connectivity index (χ0v) is 10.8. The summed E-state index contributed by atoms with van der Waals surface area (Å²) >= 11 is 1.90. The van der Waals surface area contributed by atoms with E-state index in [2.05, 4.69) is 11.8 Å². The van der Waals surface area contributed by atoms with Crippen LogP contribution in [-0.2, 0) is 0 Å². The van der Waals surface area contributed by atoms with Gasteiger partial charge in [-0.3, -0.25) is 0 Å². The molecule has 0 amide bonds. The number of aliphatic hydroxyl groups excluding tert-OH is 1. The molecule has 90 valence electrons. The molecule has 1 aliphatic rings. The van der Waals surface area contributed by atoms with E-state index < -0.39 is 0 Å². The molecule has 0 aromatic rings. The van der Waals surface area contributed by atoms with Gasteiger partial charge in [-0.2, -0.15) is 11.8 Å². The monoisotopic (exact) mass is 231 g/mol. The first kappa shape index (κ1) is 13.3. The highest BCUT2D eigenvalue weighted by Gasteiger charge is 2.14. The number of thioether (sulfide) groups is 1. The Labute approximate surface area is 98.4 Å². The normalized spacial score (nSPS) is 20.4. The molecule has 0 aromatic carbocycles. The summed E-state index contributed by atoms with van der Waals surface area (Å²) in [6, 6.07) is 0. The third-order valence-electron chi connectivity index (χ3n) is 2.87. The Bertz CT molecular complexity index is 149. The minimum absolute atomic E-state index is 0.120. The van der Waals surface area contributed by atoms with Crippen LogP contribution in [0.25, 0.3) is 0 Å². The second-order valence-corrected chi connectivity index (χ2v) is 5.59. The van der Waals surface area contributed by atoms with E-state index >= 15 is 0 Å². The zero-order chi connectivity index (χ0) is 10.9. The largest absolute Gasteiger partial charge is 0.391 e. The van der Waals surface area contributed by atoms with E-state index in [1.807, 2.05) is 11.8 Å². The van der Waals surface area contributed by atoms with Crippen LogP contribution in [0.15, 0.2) is 0 Å². The lowest BCUT2D eigenvalue weighted by molar-refractivity contribution is 0.117. The molecular weight excluding hydrogens is 206 g/mol. The lowest BCUT2D eigenvalue weighted by atomic mass is 10.1. The van der Waals surface area contributed by atoms with Crippen LogP contribution in [0, 0.1) is 0 Å². The SMILES string of the molecule is CCCCSC[C@H](O)CN1CCCCC1. The van der Waals surface area contributed by atoms with Gasteiger partial charge >= 0.3 is 0 Å². The van der Waals surface area contributed by atoms with E-state index in [-0.39, 0.29) is 6.10 Å². The highest BCUT2D eigenvalue weighted by Crippen LogP contribution is 2.11. The van der Waals surface area contributed by atoms with Crippen molar-refractivity contribution in [2.75, 3.05) is 31.1 Å². The quantitative estimate of drug-likeness (QED) is 0.681. The fourth-order valence-corrected chi connectivity index (χ4v) is 3.00. The van der Waals surface area contributed by atoms with Gasteiger partial charge in [0.15, 0.2) is 0 Å². The van der Waals surface area contributed by atoms with Crippen LogP contribution >= 0.6 is 11.8 Å². The van der Waals surface area contributed by atoms with E-state index in [4.69, 9.17) is 0 Å². The van der Waals surface area contributed by atoms with Crippen molar-refractivity contribution in [3.8, 4) is 0 Å². The summed E-state index contributed by atoms with van der Waals surface area (Å²) in [7, 11) is 0. The van der Waals surface area contributed by atoms with Crippen molar-refractivity contribution in [1.29, 1.82) is 0 Å². The summed E-state index contributed by atoms with van der Waals surface area (Å²) in [4.78, 5) is 2.41. The molecule has 1 heterocycles. The van der Waals surface area contributed by atoms with Gasteiger partial charge in [-0.1, -0.05) is 19.8 Å². The summed E-state index contributed by atoms with van der Waals surface area (Å²) < 4.78 is 0. The van der Waals surface area contributed by atoms with Crippen LogP contribution in [0.3, 0.4) is 0 Å². The summed E-state index contributed by atoms with van der Waals surface area (Å²) in [5.74, 6) is 2.12.